The standard InChI is InChI=1S/C41H54NO10P/c1-6-42(5)22-34-33(40(45)50-26-30-24-48-30)19-28(15-17-41(3,4)21-27(2)39(44)49-25-29-23-47-29)20-36(34)51-38(43)16-18-53(46)37-14-10-8-12-32(37)31-11-7-9-13-35(31)52-53/h7-15,17,27-30,33-34,36H,6,16,18-26H2,1-5H3. The molecule has 11 nitrogen and oxygen atoms in total. The van der Waals surface area contributed by atoms with Crippen LogP contribution in [0.15, 0.2) is 60.7 Å². The summed E-state index contributed by atoms with van der Waals surface area (Å²) in [7, 11) is -1.45. The van der Waals surface area contributed by atoms with Crippen molar-refractivity contribution in [3.05, 3.63) is 60.7 Å². The van der Waals surface area contributed by atoms with E-state index >= 15 is 0 Å². The average molecular weight is 752 g/mol. The van der Waals surface area contributed by atoms with Crippen LogP contribution in [-0.4, -0.2) is 93.8 Å². The third-order valence-corrected chi connectivity index (χ3v) is 13.1. The zero-order chi connectivity index (χ0) is 37.8. The van der Waals surface area contributed by atoms with Gasteiger partial charge in [0.2, 0.25) is 0 Å². The molecule has 6 rings (SSSR count). The number of nitrogens with zero attached hydrogens (tertiary/aromatic N) is 1. The molecule has 4 aliphatic rings. The van der Waals surface area contributed by atoms with Crippen LogP contribution in [-0.2, 0) is 42.6 Å². The van der Waals surface area contributed by atoms with Crippen LogP contribution in [0.2, 0.25) is 0 Å². The van der Waals surface area contributed by atoms with E-state index in [2.05, 4.69) is 30.9 Å². The van der Waals surface area contributed by atoms with Crippen molar-refractivity contribution in [1.29, 1.82) is 0 Å². The number of epoxide rings is 2. The van der Waals surface area contributed by atoms with Crippen molar-refractivity contribution in [1.82, 2.24) is 4.90 Å². The first-order chi connectivity index (χ1) is 25.3. The maximum Gasteiger partial charge on any atom is 0.309 e. The van der Waals surface area contributed by atoms with Gasteiger partial charge in [-0.2, -0.15) is 0 Å². The molecule has 3 aliphatic heterocycles. The number of hydrogen-bond donors (Lipinski definition) is 0. The zero-order valence-corrected chi connectivity index (χ0v) is 32.5. The van der Waals surface area contributed by atoms with E-state index < -0.39 is 25.4 Å². The van der Waals surface area contributed by atoms with Crippen LogP contribution < -0.4 is 9.83 Å². The highest BCUT2D eigenvalue weighted by molar-refractivity contribution is 7.67. The molecule has 0 radical (unpaired) electrons. The topological polar surface area (TPSA) is 134 Å². The highest BCUT2D eigenvalue weighted by Gasteiger charge is 2.45. The number of esters is 3. The fourth-order valence-corrected chi connectivity index (χ4v) is 9.76. The molecule has 53 heavy (non-hydrogen) atoms. The number of carbonyl (C=O) groups excluding carboxylic acids is 3. The van der Waals surface area contributed by atoms with Crippen molar-refractivity contribution >= 4 is 30.6 Å². The lowest BCUT2D eigenvalue weighted by Crippen LogP contribution is -2.47. The summed E-state index contributed by atoms with van der Waals surface area (Å²) in [6.07, 6.45) is 5.06. The Morgan fingerprint density at radius 3 is 2.34 bits per heavy atom. The van der Waals surface area contributed by atoms with E-state index in [0.29, 0.717) is 50.1 Å². The first-order valence-electron chi connectivity index (χ1n) is 19.0. The molecule has 0 aromatic heterocycles. The quantitative estimate of drug-likeness (QED) is 0.0616. The lowest BCUT2D eigenvalue weighted by atomic mass is 9.71. The minimum Gasteiger partial charge on any atom is -0.463 e. The molecule has 0 amide bonds. The van der Waals surface area contributed by atoms with Crippen LogP contribution in [0, 0.1) is 29.1 Å². The van der Waals surface area contributed by atoms with Gasteiger partial charge >= 0.3 is 17.9 Å². The van der Waals surface area contributed by atoms with Crippen LogP contribution in [0.1, 0.15) is 53.4 Å². The second kappa shape index (κ2) is 16.9. The van der Waals surface area contributed by atoms with Crippen molar-refractivity contribution in [3.63, 3.8) is 0 Å². The normalized spacial score (nSPS) is 28.0. The second-order valence-electron chi connectivity index (χ2n) is 15.8. The number of rotatable bonds is 17. The minimum absolute atomic E-state index is 0.0118. The van der Waals surface area contributed by atoms with Gasteiger partial charge in [0.05, 0.1) is 36.8 Å². The Balaban J connectivity index is 1.17. The summed E-state index contributed by atoms with van der Waals surface area (Å²) >= 11 is 0. The second-order valence-corrected chi connectivity index (χ2v) is 18.2. The molecule has 12 heteroatoms. The average Bonchev–Trinajstić information content (AvgIpc) is 4.08. The Hall–Kier alpha value is -3.50. The van der Waals surface area contributed by atoms with E-state index in [1.807, 2.05) is 63.4 Å². The van der Waals surface area contributed by atoms with Crippen molar-refractivity contribution in [2.24, 2.45) is 29.1 Å². The van der Waals surface area contributed by atoms with Crippen LogP contribution in [0.5, 0.6) is 5.75 Å². The molecule has 288 valence electrons. The number of hydrogen-bond acceptors (Lipinski definition) is 11. The van der Waals surface area contributed by atoms with E-state index in [0.717, 1.165) is 17.7 Å². The summed E-state index contributed by atoms with van der Waals surface area (Å²) < 4.78 is 48.5. The van der Waals surface area contributed by atoms with Crippen molar-refractivity contribution in [3.8, 4) is 16.9 Å². The van der Waals surface area contributed by atoms with Crippen molar-refractivity contribution in [2.75, 3.05) is 52.7 Å². The van der Waals surface area contributed by atoms with Crippen molar-refractivity contribution in [2.45, 2.75) is 71.7 Å². The predicted molar refractivity (Wildman–Crippen MR) is 200 cm³/mol. The molecule has 8 unspecified atom stereocenters. The summed E-state index contributed by atoms with van der Waals surface area (Å²) in [5.74, 6) is -1.75. The fraction of sp³-hybridized carbons (Fsp3) is 0.585. The number of fused-ring (bicyclic) bond motifs is 3. The third-order valence-electron chi connectivity index (χ3n) is 10.7. The summed E-state index contributed by atoms with van der Waals surface area (Å²) in [5, 5.41) is 0.599. The molecule has 2 aromatic rings. The molecule has 1 saturated carbocycles. The number of benzene rings is 2. The molecule has 3 fully saturated rings. The molecule has 0 N–H and O–H groups in total. The Labute approximate surface area is 313 Å². The number of ether oxygens (including phenoxy) is 5. The smallest absolute Gasteiger partial charge is 0.309 e. The monoisotopic (exact) mass is 751 g/mol. The lowest BCUT2D eigenvalue weighted by Gasteiger charge is -2.41. The van der Waals surface area contributed by atoms with Gasteiger partial charge in [0, 0.05) is 24.2 Å². The minimum atomic E-state index is -3.44. The molecular formula is C41H54NO10P. The molecule has 1 aliphatic carbocycles. The molecule has 8 atom stereocenters. The summed E-state index contributed by atoms with van der Waals surface area (Å²) in [6, 6.07) is 15.0. The third kappa shape index (κ3) is 10.4. The number of allylic oxidation sites excluding steroid dienone is 2. The fourth-order valence-electron chi connectivity index (χ4n) is 7.50. The number of para-hydroxylation sites is 1. The van der Waals surface area contributed by atoms with Gasteiger partial charge in [0.15, 0.2) is 0 Å². The van der Waals surface area contributed by atoms with Gasteiger partial charge in [-0.15, -0.1) is 0 Å². The highest BCUT2D eigenvalue weighted by atomic mass is 31.2. The van der Waals surface area contributed by atoms with E-state index in [1.54, 1.807) is 6.07 Å². The van der Waals surface area contributed by atoms with Gasteiger partial charge < -0.3 is 33.1 Å². The van der Waals surface area contributed by atoms with Gasteiger partial charge in [-0.25, -0.2) is 0 Å². The maximum absolute atomic E-state index is 14.4. The van der Waals surface area contributed by atoms with Crippen LogP contribution >= 0.6 is 7.37 Å². The Kier molecular flexibility index (Phi) is 12.5. The van der Waals surface area contributed by atoms with Crippen LogP contribution in [0.4, 0.5) is 0 Å². The summed E-state index contributed by atoms with van der Waals surface area (Å²) in [5.41, 5.74) is 1.37. The van der Waals surface area contributed by atoms with Crippen LogP contribution in [0.25, 0.3) is 11.1 Å². The molecule has 0 spiro atoms. The molecule has 2 aromatic carbocycles. The first-order valence-corrected chi connectivity index (χ1v) is 20.8. The first kappa shape index (κ1) is 39.2. The lowest BCUT2D eigenvalue weighted by molar-refractivity contribution is -0.167. The van der Waals surface area contributed by atoms with Gasteiger partial charge in [0.25, 0.3) is 7.37 Å². The molecule has 2 saturated heterocycles. The Morgan fingerprint density at radius 2 is 1.64 bits per heavy atom. The summed E-state index contributed by atoms with van der Waals surface area (Å²) in [4.78, 5) is 42.2. The van der Waals surface area contributed by atoms with Gasteiger partial charge in [-0.05, 0) is 61.9 Å². The van der Waals surface area contributed by atoms with Crippen LogP contribution in [0.3, 0.4) is 0 Å². The Bertz CT molecular complexity index is 1700. The Morgan fingerprint density at radius 1 is 0.981 bits per heavy atom. The van der Waals surface area contributed by atoms with E-state index in [4.69, 9.17) is 28.2 Å². The van der Waals surface area contributed by atoms with E-state index in [9.17, 15) is 18.9 Å². The van der Waals surface area contributed by atoms with E-state index in [1.165, 1.54) is 0 Å². The molecular weight excluding hydrogens is 697 g/mol. The van der Waals surface area contributed by atoms with E-state index in [-0.39, 0.29) is 73.1 Å². The zero-order valence-electron chi connectivity index (χ0n) is 31.6. The van der Waals surface area contributed by atoms with Gasteiger partial charge in [-0.1, -0.05) is 76.2 Å². The molecule has 3 heterocycles. The predicted octanol–water partition coefficient (Wildman–Crippen LogP) is 6.04. The number of carbonyl (C=O) groups is 3. The van der Waals surface area contributed by atoms with Crippen molar-refractivity contribution < 1.29 is 47.2 Å². The van der Waals surface area contributed by atoms with Gasteiger partial charge in [-0.3, -0.25) is 18.9 Å². The largest absolute Gasteiger partial charge is 0.463 e. The summed E-state index contributed by atoms with van der Waals surface area (Å²) in [6.45, 7) is 11.0. The molecule has 0 bridgehead atoms. The SMILES string of the molecule is CCN(C)CC1C(OC(=O)CCP2(=O)Oc3ccccc3-c3ccccc32)CC(C=CC(C)(C)CC(C)C(=O)OCC2CO2)CC1C(=O)OCC1CO1. The van der Waals surface area contributed by atoms with Gasteiger partial charge in [0.1, 0.15) is 37.3 Å². The highest BCUT2D eigenvalue weighted by Crippen LogP contribution is 2.55. The maximum atomic E-state index is 14.4.